The lowest BCUT2D eigenvalue weighted by Crippen LogP contribution is -2.55. The molecule has 1 spiro atoms. The van der Waals surface area contributed by atoms with Gasteiger partial charge in [0, 0.05) is 25.2 Å². The van der Waals surface area contributed by atoms with Crippen molar-refractivity contribution in [1.29, 1.82) is 0 Å². The standard InChI is InChI=1S/C23H22F3N3O3/c24-23(25,26)18-8-6-17(7-9-18)19(30)28-14-11-22(12-15-28)20(31)29(21(32)27-22)13-10-16-4-2-1-3-5-16/h1-9H,10-15H2,(H,27,32). The third-order valence-electron chi connectivity index (χ3n) is 6.08. The molecule has 0 atom stereocenters. The summed E-state index contributed by atoms with van der Waals surface area (Å²) in [5.41, 5.74) is -0.683. The molecule has 2 heterocycles. The van der Waals surface area contributed by atoms with E-state index in [1.165, 1.54) is 9.80 Å². The highest BCUT2D eigenvalue weighted by atomic mass is 19.4. The van der Waals surface area contributed by atoms with Gasteiger partial charge in [0.15, 0.2) is 0 Å². The van der Waals surface area contributed by atoms with Gasteiger partial charge in [-0.1, -0.05) is 30.3 Å². The number of rotatable bonds is 4. The van der Waals surface area contributed by atoms with Crippen LogP contribution < -0.4 is 5.32 Å². The van der Waals surface area contributed by atoms with Crippen molar-refractivity contribution in [1.82, 2.24) is 15.1 Å². The van der Waals surface area contributed by atoms with Gasteiger partial charge < -0.3 is 10.2 Å². The first-order valence-corrected chi connectivity index (χ1v) is 10.3. The molecule has 2 fully saturated rings. The molecule has 168 valence electrons. The van der Waals surface area contributed by atoms with E-state index in [4.69, 9.17) is 0 Å². The van der Waals surface area contributed by atoms with E-state index in [2.05, 4.69) is 5.32 Å². The van der Waals surface area contributed by atoms with Crippen molar-refractivity contribution in [2.24, 2.45) is 0 Å². The molecule has 6 nitrogen and oxygen atoms in total. The van der Waals surface area contributed by atoms with Crippen LogP contribution in [0.25, 0.3) is 0 Å². The number of urea groups is 1. The zero-order valence-corrected chi connectivity index (χ0v) is 17.2. The number of imide groups is 1. The Labute approximate surface area is 183 Å². The highest BCUT2D eigenvalue weighted by Gasteiger charge is 2.52. The molecule has 4 rings (SSSR count). The maximum Gasteiger partial charge on any atom is 0.416 e. The van der Waals surface area contributed by atoms with E-state index >= 15 is 0 Å². The third kappa shape index (κ3) is 4.19. The van der Waals surface area contributed by atoms with Crippen molar-refractivity contribution in [2.75, 3.05) is 19.6 Å². The fourth-order valence-electron chi connectivity index (χ4n) is 4.18. The van der Waals surface area contributed by atoms with Crippen LogP contribution in [0.2, 0.25) is 0 Å². The van der Waals surface area contributed by atoms with Crippen LogP contribution >= 0.6 is 0 Å². The largest absolute Gasteiger partial charge is 0.416 e. The molecule has 0 aromatic heterocycles. The van der Waals surface area contributed by atoms with Crippen LogP contribution in [0.15, 0.2) is 54.6 Å². The fraction of sp³-hybridized carbons (Fsp3) is 0.348. The van der Waals surface area contributed by atoms with E-state index < -0.39 is 29.2 Å². The number of hydrogen-bond donors (Lipinski definition) is 1. The van der Waals surface area contributed by atoms with E-state index in [-0.39, 0.29) is 43.9 Å². The summed E-state index contributed by atoms with van der Waals surface area (Å²) in [5.74, 6) is -0.689. The van der Waals surface area contributed by atoms with Crippen LogP contribution in [-0.2, 0) is 17.4 Å². The molecule has 2 aliphatic heterocycles. The zero-order chi connectivity index (χ0) is 22.9. The number of piperidine rings is 1. The van der Waals surface area contributed by atoms with Gasteiger partial charge in [0.25, 0.3) is 11.8 Å². The number of nitrogens with one attached hydrogen (secondary N) is 1. The molecule has 2 saturated heterocycles. The molecule has 1 N–H and O–H groups in total. The zero-order valence-electron chi connectivity index (χ0n) is 17.2. The highest BCUT2D eigenvalue weighted by molar-refractivity contribution is 6.07. The predicted molar refractivity (Wildman–Crippen MR) is 110 cm³/mol. The molecule has 0 radical (unpaired) electrons. The molecule has 4 amide bonds. The lowest BCUT2D eigenvalue weighted by Gasteiger charge is -2.37. The summed E-state index contributed by atoms with van der Waals surface area (Å²) in [5, 5.41) is 2.80. The van der Waals surface area contributed by atoms with Gasteiger partial charge in [-0.15, -0.1) is 0 Å². The van der Waals surface area contributed by atoms with Crippen molar-refractivity contribution in [3.05, 3.63) is 71.3 Å². The number of amides is 4. The van der Waals surface area contributed by atoms with Gasteiger partial charge in [0.1, 0.15) is 5.54 Å². The van der Waals surface area contributed by atoms with Gasteiger partial charge in [-0.2, -0.15) is 13.2 Å². The average Bonchev–Trinajstić information content (AvgIpc) is 3.01. The Hall–Kier alpha value is -3.36. The summed E-state index contributed by atoms with van der Waals surface area (Å²) in [4.78, 5) is 40.9. The van der Waals surface area contributed by atoms with Gasteiger partial charge in [-0.25, -0.2) is 4.79 Å². The lowest BCUT2D eigenvalue weighted by atomic mass is 9.87. The SMILES string of the molecule is O=C(c1ccc(C(F)(F)F)cc1)N1CCC2(CC1)NC(=O)N(CCc1ccccc1)C2=O. The average molecular weight is 445 g/mol. The number of alkyl halides is 3. The lowest BCUT2D eigenvalue weighted by molar-refractivity contribution is -0.137. The van der Waals surface area contributed by atoms with Crippen LogP contribution in [-0.4, -0.2) is 52.8 Å². The van der Waals surface area contributed by atoms with Crippen molar-refractivity contribution in [3.63, 3.8) is 0 Å². The van der Waals surface area contributed by atoms with Crippen LogP contribution in [0.5, 0.6) is 0 Å². The molecule has 2 aromatic carbocycles. The number of hydrogen-bond acceptors (Lipinski definition) is 3. The molecule has 2 aliphatic rings. The van der Waals surface area contributed by atoms with Crippen LogP contribution in [0, 0.1) is 0 Å². The summed E-state index contributed by atoms with van der Waals surface area (Å²) < 4.78 is 38.2. The molecule has 0 saturated carbocycles. The minimum atomic E-state index is -4.47. The van der Waals surface area contributed by atoms with Crippen molar-refractivity contribution < 1.29 is 27.6 Å². The van der Waals surface area contributed by atoms with Crippen LogP contribution in [0.3, 0.4) is 0 Å². The summed E-state index contributed by atoms with van der Waals surface area (Å²) in [6.07, 6.45) is -3.40. The minimum absolute atomic E-state index is 0.153. The fourth-order valence-corrected chi connectivity index (χ4v) is 4.18. The van der Waals surface area contributed by atoms with Crippen molar-refractivity contribution in [3.8, 4) is 0 Å². The number of halogens is 3. The van der Waals surface area contributed by atoms with E-state index in [1.807, 2.05) is 30.3 Å². The van der Waals surface area contributed by atoms with Crippen molar-refractivity contribution in [2.45, 2.75) is 31.0 Å². The maximum absolute atomic E-state index is 13.0. The topological polar surface area (TPSA) is 69.7 Å². The Morgan fingerprint density at radius 3 is 2.19 bits per heavy atom. The van der Waals surface area contributed by atoms with E-state index in [9.17, 15) is 27.6 Å². The predicted octanol–water partition coefficient (Wildman–Crippen LogP) is 3.47. The smallest absolute Gasteiger partial charge is 0.338 e. The molecule has 9 heteroatoms. The molecule has 0 aliphatic carbocycles. The highest BCUT2D eigenvalue weighted by Crippen LogP contribution is 2.31. The van der Waals surface area contributed by atoms with E-state index in [0.717, 1.165) is 29.8 Å². The first-order chi connectivity index (χ1) is 15.2. The maximum atomic E-state index is 13.0. The van der Waals surface area contributed by atoms with E-state index in [1.54, 1.807) is 0 Å². The molecular weight excluding hydrogens is 423 g/mol. The Kier molecular flexibility index (Phi) is 5.66. The van der Waals surface area contributed by atoms with Gasteiger partial charge in [-0.05, 0) is 49.1 Å². The summed E-state index contributed by atoms with van der Waals surface area (Å²) in [6.45, 7) is 0.710. The van der Waals surface area contributed by atoms with Gasteiger partial charge in [-0.3, -0.25) is 14.5 Å². The number of nitrogens with zero attached hydrogens (tertiary/aromatic N) is 2. The Morgan fingerprint density at radius 1 is 0.969 bits per heavy atom. The molecule has 2 aromatic rings. The normalized spacial score (nSPS) is 18.2. The first-order valence-electron chi connectivity index (χ1n) is 10.3. The number of likely N-dealkylation sites (tertiary alicyclic amines) is 1. The quantitative estimate of drug-likeness (QED) is 0.733. The second-order valence-corrected chi connectivity index (χ2v) is 8.07. The second kappa shape index (κ2) is 8.29. The number of benzene rings is 2. The van der Waals surface area contributed by atoms with Crippen LogP contribution in [0.4, 0.5) is 18.0 Å². The summed E-state index contributed by atoms with van der Waals surface area (Å²) in [7, 11) is 0. The summed E-state index contributed by atoms with van der Waals surface area (Å²) in [6, 6.07) is 13.2. The molecule has 0 bridgehead atoms. The molecular formula is C23H22F3N3O3. The molecule has 0 unspecified atom stereocenters. The van der Waals surface area contributed by atoms with Crippen molar-refractivity contribution >= 4 is 17.8 Å². The number of carbonyl (C=O) groups excluding carboxylic acids is 3. The molecule has 32 heavy (non-hydrogen) atoms. The third-order valence-corrected chi connectivity index (χ3v) is 6.08. The van der Waals surface area contributed by atoms with Gasteiger partial charge in [0.2, 0.25) is 0 Å². The minimum Gasteiger partial charge on any atom is -0.338 e. The Balaban J connectivity index is 1.37. The van der Waals surface area contributed by atoms with E-state index in [0.29, 0.717) is 6.42 Å². The summed E-state index contributed by atoms with van der Waals surface area (Å²) >= 11 is 0. The first kappa shape index (κ1) is 21.9. The Morgan fingerprint density at radius 2 is 1.59 bits per heavy atom. The van der Waals surface area contributed by atoms with Gasteiger partial charge >= 0.3 is 12.2 Å². The Bertz CT molecular complexity index is 1010. The number of carbonyl (C=O) groups is 3. The second-order valence-electron chi connectivity index (χ2n) is 8.07. The van der Waals surface area contributed by atoms with Crippen LogP contribution in [0.1, 0.15) is 34.3 Å². The van der Waals surface area contributed by atoms with Gasteiger partial charge in [0.05, 0.1) is 5.56 Å². The monoisotopic (exact) mass is 445 g/mol.